The van der Waals surface area contributed by atoms with Crippen LogP contribution in [0, 0.1) is 0 Å². The molecule has 1 N–H and O–H groups in total. The average molecular weight is 305 g/mol. The molecule has 0 saturated heterocycles. The molecule has 0 amide bonds. The minimum atomic E-state index is 0.145. The van der Waals surface area contributed by atoms with Crippen LogP contribution in [-0.4, -0.2) is 23.2 Å². The van der Waals surface area contributed by atoms with Crippen LogP contribution in [0.15, 0.2) is 24.3 Å². The predicted molar refractivity (Wildman–Crippen MR) is 87.0 cm³/mol. The summed E-state index contributed by atoms with van der Waals surface area (Å²) in [4.78, 5) is 1.21. The molecule has 0 fully saturated rings. The lowest BCUT2D eigenvalue weighted by Gasteiger charge is -2.16. The van der Waals surface area contributed by atoms with Crippen molar-refractivity contribution in [3.05, 3.63) is 40.4 Å². The van der Waals surface area contributed by atoms with E-state index in [4.69, 9.17) is 4.74 Å². The van der Waals surface area contributed by atoms with E-state index < -0.39 is 0 Å². The van der Waals surface area contributed by atoms with E-state index in [0.29, 0.717) is 0 Å². The molecular formula is C16H23N3OS. The minimum absolute atomic E-state index is 0.145. The van der Waals surface area contributed by atoms with Gasteiger partial charge in [-0.1, -0.05) is 36.9 Å². The number of ether oxygens (including phenoxy) is 1. The van der Waals surface area contributed by atoms with Crippen molar-refractivity contribution in [2.24, 2.45) is 0 Å². The number of benzene rings is 1. The number of hydrogen-bond donors (Lipinski definition) is 1. The van der Waals surface area contributed by atoms with Crippen LogP contribution in [0.1, 0.15) is 48.9 Å². The molecule has 0 radical (unpaired) electrons. The summed E-state index contributed by atoms with van der Waals surface area (Å²) in [6, 6.07) is 8.43. The highest BCUT2D eigenvalue weighted by molar-refractivity contribution is 7.05. The summed E-state index contributed by atoms with van der Waals surface area (Å²) in [5.41, 5.74) is 2.32. The van der Waals surface area contributed by atoms with Crippen LogP contribution >= 0.6 is 11.5 Å². The normalized spacial score (nSPS) is 12.3. The van der Waals surface area contributed by atoms with Gasteiger partial charge < -0.3 is 10.1 Å². The Morgan fingerprint density at radius 2 is 1.95 bits per heavy atom. The third-order valence-corrected chi connectivity index (χ3v) is 4.14. The van der Waals surface area contributed by atoms with Crippen molar-refractivity contribution >= 4 is 11.5 Å². The maximum atomic E-state index is 5.63. The summed E-state index contributed by atoms with van der Waals surface area (Å²) in [5.74, 6) is 0.923. The van der Waals surface area contributed by atoms with Gasteiger partial charge in [0, 0.05) is 0 Å². The molecule has 0 aliphatic heterocycles. The van der Waals surface area contributed by atoms with Crippen LogP contribution in [0.4, 0.5) is 0 Å². The van der Waals surface area contributed by atoms with Crippen molar-refractivity contribution in [2.75, 3.05) is 13.7 Å². The van der Waals surface area contributed by atoms with Gasteiger partial charge in [0.15, 0.2) is 0 Å². The van der Waals surface area contributed by atoms with Crippen molar-refractivity contribution in [1.29, 1.82) is 0 Å². The molecule has 2 aromatic rings. The van der Waals surface area contributed by atoms with E-state index in [2.05, 4.69) is 40.9 Å². The van der Waals surface area contributed by atoms with E-state index in [9.17, 15) is 0 Å². The zero-order valence-corrected chi connectivity index (χ0v) is 13.7. The summed E-state index contributed by atoms with van der Waals surface area (Å²) in [5, 5.41) is 7.63. The number of nitrogens with zero attached hydrogens (tertiary/aromatic N) is 2. The lowest BCUT2D eigenvalue weighted by Crippen LogP contribution is -2.18. The molecule has 114 valence electrons. The fraction of sp³-hybridized carbons (Fsp3) is 0.500. The van der Waals surface area contributed by atoms with Gasteiger partial charge in [-0.05, 0) is 49.1 Å². The molecule has 0 spiro atoms. The van der Waals surface area contributed by atoms with E-state index in [1.165, 1.54) is 22.0 Å². The van der Waals surface area contributed by atoms with Crippen LogP contribution in [0.3, 0.4) is 0 Å². The number of aromatic nitrogens is 2. The lowest BCUT2D eigenvalue weighted by molar-refractivity contribution is 0.317. The van der Waals surface area contributed by atoms with Gasteiger partial charge in [0.1, 0.15) is 5.75 Å². The van der Waals surface area contributed by atoms with Crippen LogP contribution < -0.4 is 10.1 Å². The molecule has 1 atom stereocenters. The van der Waals surface area contributed by atoms with E-state index in [-0.39, 0.29) is 6.04 Å². The largest absolute Gasteiger partial charge is 0.494 e. The zero-order chi connectivity index (χ0) is 15.1. The first-order valence-corrected chi connectivity index (χ1v) is 8.28. The molecule has 5 heteroatoms. The number of hydrogen-bond acceptors (Lipinski definition) is 5. The standard InChI is InChI=1S/C16H23N3OS/c1-4-6-14-16(21-19-18-14)15(17-3)12-7-9-13(10-8-12)20-11-5-2/h7-10,15,17H,4-6,11H2,1-3H3. The lowest BCUT2D eigenvalue weighted by atomic mass is 10.0. The maximum Gasteiger partial charge on any atom is 0.119 e. The first-order chi connectivity index (χ1) is 10.3. The Kier molecular flexibility index (Phi) is 6.14. The smallest absolute Gasteiger partial charge is 0.119 e. The Morgan fingerprint density at radius 1 is 1.19 bits per heavy atom. The van der Waals surface area contributed by atoms with Gasteiger partial charge in [-0.25, -0.2) is 0 Å². The van der Waals surface area contributed by atoms with Crippen LogP contribution in [0.2, 0.25) is 0 Å². The fourth-order valence-electron chi connectivity index (χ4n) is 2.27. The highest BCUT2D eigenvalue weighted by atomic mass is 32.1. The topological polar surface area (TPSA) is 47.0 Å². The molecule has 1 aromatic heterocycles. The second-order valence-corrected chi connectivity index (χ2v) is 5.76. The van der Waals surface area contributed by atoms with Gasteiger partial charge in [-0.3, -0.25) is 0 Å². The Hall–Kier alpha value is -1.46. The van der Waals surface area contributed by atoms with Gasteiger partial charge in [0.25, 0.3) is 0 Å². The van der Waals surface area contributed by atoms with Crippen LogP contribution in [0.5, 0.6) is 5.75 Å². The monoisotopic (exact) mass is 305 g/mol. The van der Waals surface area contributed by atoms with Crippen molar-refractivity contribution in [1.82, 2.24) is 14.9 Å². The number of aryl methyl sites for hydroxylation is 1. The molecule has 0 saturated carbocycles. The summed E-state index contributed by atoms with van der Waals surface area (Å²) < 4.78 is 9.75. The number of nitrogens with one attached hydrogen (secondary N) is 1. The Morgan fingerprint density at radius 3 is 2.57 bits per heavy atom. The second-order valence-electron chi connectivity index (χ2n) is 4.97. The molecule has 1 aromatic carbocycles. The Bertz CT molecular complexity index is 539. The molecular weight excluding hydrogens is 282 g/mol. The highest BCUT2D eigenvalue weighted by Crippen LogP contribution is 2.28. The quantitative estimate of drug-likeness (QED) is 0.809. The molecule has 0 aliphatic rings. The molecule has 21 heavy (non-hydrogen) atoms. The third-order valence-electron chi connectivity index (χ3n) is 3.31. The predicted octanol–water partition coefficient (Wildman–Crippen LogP) is 3.59. The van der Waals surface area contributed by atoms with Crippen LogP contribution in [0.25, 0.3) is 0 Å². The van der Waals surface area contributed by atoms with Crippen LogP contribution in [-0.2, 0) is 6.42 Å². The van der Waals surface area contributed by atoms with E-state index >= 15 is 0 Å². The van der Waals surface area contributed by atoms with Gasteiger partial charge in [0.05, 0.1) is 23.2 Å². The van der Waals surface area contributed by atoms with Crippen molar-refractivity contribution < 1.29 is 4.74 Å². The molecule has 1 unspecified atom stereocenters. The number of rotatable bonds is 8. The third kappa shape index (κ3) is 4.02. The first-order valence-electron chi connectivity index (χ1n) is 7.51. The minimum Gasteiger partial charge on any atom is -0.494 e. The zero-order valence-electron chi connectivity index (χ0n) is 12.9. The van der Waals surface area contributed by atoms with Gasteiger partial charge >= 0.3 is 0 Å². The summed E-state index contributed by atoms with van der Waals surface area (Å²) in [7, 11) is 1.97. The van der Waals surface area contributed by atoms with Gasteiger partial charge in [-0.15, -0.1) is 5.10 Å². The molecule has 1 heterocycles. The average Bonchev–Trinajstić information content (AvgIpc) is 2.96. The highest BCUT2D eigenvalue weighted by Gasteiger charge is 2.19. The Labute approximate surface area is 130 Å². The molecule has 2 rings (SSSR count). The fourth-order valence-corrected chi connectivity index (χ4v) is 3.11. The molecule has 0 aliphatic carbocycles. The summed E-state index contributed by atoms with van der Waals surface area (Å²) in [6.45, 7) is 5.03. The molecule has 4 nitrogen and oxygen atoms in total. The SMILES string of the molecule is CCCOc1ccc(C(NC)c2snnc2CCC)cc1. The maximum absolute atomic E-state index is 5.63. The molecule has 0 bridgehead atoms. The van der Waals surface area contributed by atoms with Gasteiger partial charge in [0.2, 0.25) is 0 Å². The van der Waals surface area contributed by atoms with Crippen molar-refractivity contribution in [2.45, 2.75) is 39.2 Å². The van der Waals surface area contributed by atoms with Crippen molar-refractivity contribution in [3.8, 4) is 5.75 Å². The summed E-state index contributed by atoms with van der Waals surface area (Å²) >= 11 is 1.48. The van der Waals surface area contributed by atoms with Crippen molar-refractivity contribution in [3.63, 3.8) is 0 Å². The first kappa shape index (κ1) is 15.9. The van der Waals surface area contributed by atoms with E-state index in [1.54, 1.807) is 0 Å². The van der Waals surface area contributed by atoms with Gasteiger partial charge in [-0.2, -0.15) is 0 Å². The summed E-state index contributed by atoms with van der Waals surface area (Å²) in [6.07, 6.45) is 3.08. The van der Waals surface area contributed by atoms with E-state index in [0.717, 1.165) is 37.3 Å². The Balaban J connectivity index is 2.18. The second kappa shape index (κ2) is 8.10. The van der Waals surface area contributed by atoms with E-state index in [1.807, 2.05) is 19.2 Å².